The number of nitrogens with zero attached hydrogens (tertiary/aromatic N) is 1. The van der Waals surface area contributed by atoms with Crippen LogP contribution in [0.5, 0.6) is 0 Å². The fourth-order valence-electron chi connectivity index (χ4n) is 1.20. The molecule has 1 unspecified atom stereocenters. The van der Waals surface area contributed by atoms with Gasteiger partial charge in [0.2, 0.25) is 0 Å². The Labute approximate surface area is 72.3 Å². The van der Waals surface area contributed by atoms with Crippen LogP contribution in [0.3, 0.4) is 0 Å². The van der Waals surface area contributed by atoms with Crippen LogP contribution >= 0.6 is 0 Å². The highest BCUT2D eigenvalue weighted by Gasteiger charge is 2.17. The Hall–Kier alpha value is -0.740. The standard InChI is InChI=1S/C8H15NO3/c1-7-5-9(10)6-8(12-7)3-4-11-2/h5,8,10H,3-4,6H2,1-2H3. The first-order valence-corrected chi connectivity index (χ1v) is 4.02. The first-order chi connectivity index (χ1) is 5.72. The molecule has 1 heterocycles. The molecular weight excluding hydrogens is 158 g/mol. The van der Waals surface area contributed by atoms with Crippen molar-refractivity contribution in [2.24, 2.45) is 0 Å². The average molecular weight is 173 g/mol. The lowest BCUT2D eigenvalue weighted by molar-refractivity contribution is -0.101. The van der Waals surface area contributed by atoms with Crippen molar-refractivity contribution in [2.75, 3.05) is 20.3 Å². The van der Waals surface area contributed by atoms with Gasteiger partial charge in [0.05, 0.1) is 12.7 Å². The summed E-state index contributed by atoms with van der Waals surface area (Å²) < 4.78 is 10.4. The SMILES string of the molecule is COCCC1CN(O)C=C(C)O1. The summed E-state index contributed by atoms with van der Waals surface area (Å²) in [4.78, 5) is 0. The zero-order valence-electron chi connectivity index (χ0n) is 7.49. The molecule has 0 aromatic rings. The van der Waals surface area contributed by atoms with Crippen molar-refractivity contribution in [1.29, 1.82) is 0 Å². The van der Waals surface area contributed by atoms with E-state index in [1.807, 2.05) is 6.92 Å². The monoisotopic (exact) mass is 173 g/mol. The van der Waals surface area contributed by atoms with Crippen LogP contribution in [0.1, 0.15) is 13.3 Å². The van der Waals surface area contributed by atoms with Gasteiger partial charge in [0.15, 0.2) is 0 Å². The van der Waals surface area contributed by atoms with Crippen molar-refractivity contribution in [3.63, 3.8) is 0 Å². The largest absolute Gasteiger partial charge is 0.491 e. The van der Waals surface area contributed by atoms with Crippen LogP contribution in [0.15, 0.2) is 12.0 Å². The van der Waals surface area contributed by atoms with E-state index in [-0.39, 0.29) is 6.10 Å². The Morgan fingerprint density at radius 1 is 1.83 bits per heavy atom. The first-order valence-electron chi connectivity index (χ1n) is 4.02. The molecule has 12 heavy (non-hydrogen) atoms. The summed E-state index contributed by atoms with van der Waals surface area (Å²) in [5.74, 6) is 0.741. The Bertz CT molecular complexity index is 170. The minimum absolute atomic E-state index is 0.0416. The quantitative estimate of drug-likeness (QED) is 0.690. The summed E-state index contributed by atoms with van der Waals surface area (Å²) in [5.41, 5.74) is 0. The Kier molecular flexibility index (Phi) is 3.37. The van der Waals surface area contributed by atoms with Crippen LogP contribution in [0.4, 0.5) is 0 Å². The lowest BCUT2D eigenvalue weighted by atomic mass is 10.2. The van der Waals surface area contributed by atoms with Gasteiger partial charge >= 0.3 is 0 Å². The Morgan fingerprint density at radius 3 is 3.17 bits per heavy atom. The van der Waals surface area contributed by atoms with E-state index in [1.54, 1.807) is 13.3 Å². The summed E-state index contributed by atoms with van der Waals surface area (Å²) in [5, 5.41) is 10.3. The van der Waals surface area contributed by atoms with E-state index in [9.17, 15) is 5.21 Å². The summed E-state index contributed by atoms with van der Waals surface area (Å²) in [7, 11) is 1.65. The van der Waals surface area contributed by atoms with Crippen LogP contribution in [0.2, 0.25) is 0 Å². The lowest BCUT2D eigenvalue weighted by Gasteiger charge is -2.28. The van der Waals surface area contributed by atoms with Gasteiger partial charge in [-0.25, -0.2) is 0 Å². The zero-order valence-corrected chi connectivity index (χ0v) is 7.49. The van der Waals surface area contributed by atoms with Gasteiger partial charge in [-0.1, -0.05) is 0 Å². The second-order valence-corrected chi connectivity index (χ2v) is 2.88. The fourth-order valence-corrected chi connectivity index (χ4v) is 1.20. The van der Waals surface area contributed by atoms with E-state index in [4.69, 9.17) is 9.47 Å². The molecule has 0 saturated carbocycles. The van der Waals surface area contributed by atoms with Crippen molar-refractivity contribution in [3.05, 3.63) is 12.0 Å². The number of rotatable bonds is 3. The normalized spacial score (nSPS) is 23.4. The van der Waals surface area contributed by atoms with E-state index in [0.29, 0.717) is 13.2 Å². The van der Waals surface area contributed by atoms with Gasteiger partial charge in [-0.15, -0.1) is 0 Å². The molecule has 1 rings (SSSR count). The molecule has 1 N–H and O–H groups in total. The molecule has 0 amide bonds. The van der Waals surface area contributed by atoms with E-state index < -0.39 is 0 Å². The van der Waals surface area contributed by atoms with Gasteiger partial charge in [-0.05, 0) is 6.92 Å². The molecule has 0 spiro atoms. The molecule has 1 aliphatic heterocycles. The molecule has 0 aliphatic carbocycles. The number of methoxy groups -OCH3 is 1. The highest BCUT2D eigenvalue weighted by atomic mass is 16.5. The molecule has 0 bridgehead atoms. The minimum Gasteiger partial charge on any atom is -0.491 e. The molecule has 0 aromatic heterocycles. The topological polar surface area (TPSA) is 41.9 Å². The number of hydrogen-bond donors (Lipinski definition) is 1. The van der Waals surface area contributed by atoms with Crippen LogP contribution in [0, 0.1) is 0 Å². The van der Waals surface area contributed by atoms with Crippen molar-refractivity contribution in [1.82, 2.24) is 5.06 Å². The van der Waals surface area contributed by atoms with Gasteiger partial charge in [-0.3, -0.25) is 10.3 Å². The zero-order chi connectivity index (χ0) is 8.97. The van der Waals surface area contributed by atoms with E-state index in [1.165, 1.54) is 0 Å². The first kappa shape index (κ1) is 9.35. The Morgan fingerprint density at radius 2 is 2.58 bits per heavy atom. The van der Waals surface area contributed by atoms with Crippen molar-refractivity contribution < 1.29 is 14.7 Å². The highest BCUT2D eigenvalue weighted by Crippen LogP contribution is 2.13. The second-order valence-electron chi connectivity index (χ2n) is 2.88. The third-order valence-electron chi connectivity index (χ3n) is 1.72. The summed E-state index contributed by atoms with van der Waals surface area (Å²) in [6.07, 6.45) is 2.42. The molecule has 0 fully saturated rings. The van der Waals surface area contributed by atoms with Gasteiger partial charge in [-0.2, -0.15) is 0 Å². The summed E-state index contributed by atoms with van der Waals surface area (Å²) in [6.45, 7) is 2.99. The summed E-state index contributed by atoms with van der Waals surface area (Å²) >= 11 is 0. The molecule has 1 aliphatic rings. The lowest BCUT2D eigenvalue weighted by Crippen LogP contribution is -2.33. The van der Waals surface area contributed by atoms with Crippen molar-refractivity contribution in [2.45, 2.75) is 19.4 Å². The molecule has 1 atom stereocenters. The minimum atomic E-state index is 0.0416. The molecule has 0 saturated heterocycles. The molecule has 0 radical (unpaired) electrons. The second kappa shape index (κ2) is 4.33. The maximum absolute atomic E-state index is 9.19. The van der Waals surface area contributed by atoms with E-state index in [2.05, 4.69) is 0 Å². The Balaban J connectivity index is 2.34. The van der Waals surface area contributed by atoms with Crippen molar-refractivity contribution in [3.8, 4) is 0 Å². The fraction of sp³-hybridized carbons (Fsp3) is 0.750. The molecule has 4 heteroatoms. The maximum atomic E-state index is 9.19. The van der Waals surface area contributed by atoms with E-state index in [0.717, 1.165) is 17.2 Å². The van der Waals surface area contributed by atoms with Gasteiger partial charge in [0, 0.05) is 20.1 Å². The third kappa shape index (κ3) is 2.71. The number of ether oxygens (including phenoxy) is 2. The smallest absolute Gasteiger partial charge is 0.120 e. The molecule has 70 valence electrons. The molecular formula is C8H15NO3. The van der Waals surface area contributed by atoms with Crippen LogP contribution < -0.4 is 0 Å². The van der Waals surface area contributed by atoms with Gasteiger partial charge in [0.25, 0.3) is 0 Å². The highest BCUT2D eigenvalue weighted by molar-refractivity contribution is 4.91. The summed E-state index contributed by atoms with van der Waals surface area (Å²) in [6, 6.07) is 0. The maximum Gasteiger partial charge on any atom is 0.120 e. The van der Waals surface area contributed by atoms with Gasteiger partial charge in [0.1, 0.15) is 11.9 Å². The molecule has 0 aromatic carbocycles. The van der Waals surface area contributed by atoms with Gasteiger partial charge < -0.3 is 9.47 Å². The van der Waals surface area contributed by atoms with Crippen LogP contribution in [0.25, 0.3) is 0 Å². The predicted molar refractivity (Wildman–Crippen MR) is 43.6 cm³/mol. The number of hydroxylamine groups is 2. The third-order valence-corrected chi connectivity index (χ3v) is 1.72. The predicted octanol–water partition coefficient (Wildman–Crippen LogP) is 0.974. The molecule has 4 nitrogen and oxygen atoms in total. The van der Waals surface area contributed by atoms with Crippen molar-refractivity contribution >= 4 is 0 Å². The average Bonchev–Trinajstić information content (AvgIpc) is 1.99. The number of allylic oxidation sites excluding steroid dienone is 1. The van der Waals surface area contributed by atoms with Crippen LogP contribution in [-0.4, -0.2) is 36.6 Å². The van der Waals surface area contributed by atoms with Crippen LogP contribution in [-0.2, 0) is 9.47 Å². The van der Waals surface area contributed by atoms with E-state index >= 15 is 0 Å². The number of hydrogen-bond acceptors (Lipinski definition) is 4.